The van der Waals surface area contributed by atoms with E-state index in [1.54, 1.807) is 44.4 Å². The monoisotopic (exact) mass is 276 g/mol. The van der Waals surface area contributed by atoms with Crippen molar-refractivity contribution in [3.05, 3.63) is 53.3 Å². The molecule has 20 heavy (non-hydrogen) atoms. The summed E-state index contributed by atoms with van der Waals surface area (Å²) in [6, 6.07) is 6.92. The fourth-order valence-corrected chi connectivity index (χ4v) is 1.43. The Hall–Kier alpha value is -2.27. The number of allylic oxidation sites excluding steroid dienone is 3. The first-order valence-electron chi connectivity index (χ1n) is 6.23. The van der Waals surface area contributed by atoms with Crippen LogP contribution in [0, 0.1) is 0 Å². The summed E-state index contributed by atoms with van der Waals surface area (Å²) in [6.07, 6.45) is 3.56. The quantitative estimate of drug-likeness (QED) is 0.550. The molecule has 0 radical (unpaired) electrons. The highest BCUT2D eigenvalue weighted by Crippen LogP contribution is 2.11. The van der Waals surface area contributed by atoms with E-state index in [2.05, 4.69) is 5.32 Å². The molecule has 108 valence electrons. The molecule has 5 nitrogen and oxygen atoms in total. The van der Waals surface area contributed by atoms with E-state index in [9.17, 15) is 4.79 Å². The zero-order valence-electron chi connectivity index (χ0n) is 11.9. The Morgan fingerprint density at radius 3 is 2.45 bits per heavy atom. The predicted octanol–water partition coefficient (Wildman–Crippen LogP) is 2.25. The molecule has 5 heteroatoms. The third-order valence-corrected chi connectivity index (χ3v) is 2.67. The van der Waals surface area contributed by atoms with Gasteiger partial charge in [0.1, 0.15) is 5.75 Å². The van der Waals surface area contributed by atoms with Crippen molar-refractivity contribution in [1.29, 1.82) is 0 Å². The first-order chi connectivity index (χ1) is 9.56. The number of hydroxylamine groups is 1. The van der Waals surface area contributed by atoms with Gasteiger partial charge in [-0.25, -0.2) is 0 Å². The van der Waals surface area contributed by atoms with Crippen LogP contribution in [0.4, 0.5) is 0 Å². The van der Waals surface area contributed by atoms with Gasteiger partial charge in [0.25, 0.3) is 5.91 Å². The molecule has 0 spiro atoms. The number of amides is 1. The molecule has 1 rings (SSSR count). The van der Waals surface area contributed by atoms with Crippen LogP contribution in [-0.2, 0) is 0 Å². The number of nitrogens with one attached hydrogen (secondary N) is 2. The molecule has 0 aliphatic heterocycles. The van der Waals surface area contributed by atoms with Crippen molar-refractivity contribution < 1.29 is 14.7 Å². The number of hydrogen-bond acceptors (Lipinski definition) is 4. The van der Waals surface area contributed by atoms with Gasteiger partial charge >= 0.3 is 0 Å². The van der Waals surface area contributed by atoms with Crippen molar-refractivity contribution in [2.75, 3.05) is 13.7 Å². The minimum Gasteiger partial charge on any atom is -0.497 e. The molecule has 0 aliphatic carbocycles. The van der Waals surface area contributed by atoms with Crippen LogP contribution in [0.1, 0.15) is 24.2 Å². The molecule has 1 aromatic carbocycles. The fraction of sp³-hybridized carbons (Fsp3) is 0.267. The largest absolute Gasteiger partial charge is 0.497 e. The molecule has 3 N–H and O–H groups in total. The van der Waals surface area contributed by atoms with Crippen molar-refractivity contribution in [1.82, 2.24) is 10.8 Å². The van der Waals surface area contributed by atoms with Gasteiger partial charge in [0.2, 0.25) is 0 Å². The first kappa shape index (κ1) is 15.8. The van der Waals surface area contributed by atoms with Crippen LogP contribution >= 0.6 is 0 Å². The summed E-state index contributed by atoms with van der Waals surface area (Å²) in [5.74, 6) is 0.580. The highest BCUT2D eigenvalue weighted by atomic mass is 16.5. The Bertz CT molecular complexity index is 504. The number of rotatable bonds is 6. The molecular weight excluding hydrogens is 256 g/mol. The molecule has 0 bridgehead atoms. The van der Waals surface area contributed by atoms with Gasteiger partial charge in [-0.2, -0.15) is 0 Å². The third kappa shape index (κ3) is 5.16. The molecule has 1 amide bonds. The van der Waals surface area contributed by atoms with Gasteiger partial charge < -0.3 is 10.1 Å². The molecule has 0 aliphatic rings. The zero-order valence-corrected chi connectivity index (χ0v) is 11.9. The number of ether oxygens (including phenoxy) is 1. The Balaban J connectivity index is 2.54. The van der Waals surface area contributed by atoms with Crippen LogP contribution in [0.5, 0.6) is 5.75 Å². The molecule has 0 saturated heterocycles. The summed E-state index contributed by atoms with van der Waals surface area (Å²) in [5, 5.41) is 11.4. The lowest BCUT2D eigenvalue weighted by Gasteiger charge is -2.06. The van der Waals surface area contributed by atoms with Gasteiger partial charge in [0.05, 0.1) is 7.11 Å². The lowest BCUT2D eigenvalue weighted by molar-refractivity contribution is 0.0957. The topological polar surface area (TPSA) is 70.6 Å². The van der Waals surface area contributed by atoms with E-state index < -0.39 is 0 Å². The number of methoxy groups -OCH3 is 1. The first-order valence-corrected chi connectivity index (χ1v) is 6.23. The predicted molar refractivity (Wildman–Crippen MR) is 77.8 cm³/mol. The van der Waals surface area contributed by atoms with E-state index in [1.165, 1.54) is 0 Å². The van der Waals surface area contributed by atoms with Crippen molar-refractivity contribution in [3.63, 3.8) is 0 Å². The van der Waals surface area contributed by atoms with Crippen LogP contribution in [0.25, 0.3) is 0 Å². The molecule has 0 heterocycles. The lowest BCUT2D eigenvalue weighted by Crippen LogP contribution is -2.24. The summed E-state index contributed by atoms with van der Waals surface area (Å²) in [6.45, 7) is 4.08. The molecule has 1 aromatic rings. The summed E-state index contributed by atoms with van der Waals surface area (Å²) in [5.41, 5.74) is 4.23. The summed E-state index contributed by atoms with van der Waals surface area (Å²) in [7, 11) is 1.58. The minimum absolute atomic E-state index is 0.138. The van der Waals surface area contributed by atoms with Gasteiger partial charge in [-0.3, -0.25) is 15.5 Å². The summed E-state index contributed by atoms with van der Waals surface area (Å²) in [4.78, 5) is 11.9. The van der Waals surface area contributed by atoms with Crippen molar-refractivity contribution in [2.45, 2.75) is 13.8 Å². The molecule has 0 atom stereocenters. The number of hydrogen-bond donors (Lipinski definition) is 3. The highest BCUT2D eigenvalue weighted by Gasteiger charge is 2.04. The molecule has 0 fully saturated rings. The van der Waals surface area contributed by atoms with Crippen molar-refractivity contribution in [2.24, 2.45) is 0 Å². The molecular formula is C15H20N2O3. The molecule has 0 saturated carbocycles. The van der Waals surface area contributed by atoms with Crippen molar-refractivity contribution >= 4 is 5.91 Å². The Morgan fingerprint density at radius 1 is 1.25 bits per heavy atom. The van der Waals surface area contributed by atoms with Crippen molar-refractivity contribution in [3.8, 4) is 5.75 Å². The second-order valence-electron chi connectivity index (χ2n) is 4.39. The minimum atomic E-state index is -0.138. The van der Waals surface area contributed by atoms with Crippen LogP contribution in [-0.4, -0.2) is 24.8 Å². The van der Waals surface area contributed by atoms with Crippen LogP contribution in [0.2, 0.25) is 0 Å². The number of benzene rings is 1. The standard InChI is InChI=1S/C15H20N2O3/c1-11(4-5-12(2)17-19)10-16-15(18)13-6-8-14(20-3)9-7-13/h4-9,17,19H,10H2,1-3H3,(H,16,18)/b11-4+,12-5+. The van der Waals surface area contributed by atoms with Crippen LogP contribution in [0.15, 0.2) is 47.7 Å². The average molecular weight is 276 g/mol. The Kier molecular flexibility index (Phi) is 6.32. The van der Waals surface area contributed by atoms with Crippen LogP contribution < -0.4 is 15.5 Å². The van der Waals surface area contributed by atoms with Gasteiger partial charge in [0.15, 0.2) is 0 Å². The second kappa shape index (κ2) is 8.01. The smallest absolute Gasteiger partial charge is 0.251 e. The SMILES string of the molecule is COc1ccc(C(=O)NC/C(C)=C/C=C(\C)NO)cc1. The van der Waals surface area contributed by atoms with E-state index in [1.807, 2.05) is 18.5 Å². The maximum atomic E-state index is 11.9. The number of carbonyl (C=O) groups is 1. The van der Waals surface area contributed by atoms with Gasteiger partial charge in [-0.05, 0) is 44.2 Å². The van der Waals surface area contributed by atoms with E-state index in [4.69, 9.17) is 9.94 Å². The highest BCUT2D eigenvalue weighted by molar-refractivity contribution is 5.94. The van der Waals surface area contributed by atoms with Gasteiger partial charge in [0, 0.05) is 17.8 Å². The maximum absolute atomic E-state index is 11.9. The fourth-order valence-electron chi connectivity index (χ4n) is 1.43. The van der Waals surface area contributed by atoms with Crippen LogP contribution in [0.3, 0.4) is 0 Å². The van der Waals surface area contributed by atoms with E-state index in [0.29, 0.717) is 17.8 Å². The normalized spacial score (nSPS) is 12.0. The average Bonchev–Trinajstić information content (AvgIpc) is 2.50. The van der Waals surface area contributed by atoms with Gasteiger partial charge in [-0.1, -0.05) is 11.6 Å². The van der Waals surface area contributed by atoms with E-state index in [0.717, 1.165) is 11.3 Å². The Labute approximate surface area is 118 Å². The van der Waals surface area contributed by atoms with E-state index in [-0.39, 0.29) is 5.91 Å². The maximum Gasteiger partial charge on any atom is 0.251 e. The van der Waals surface area contributed by atoms with Gasteiger partial charge in [-0.15, -0.1) is 0 Å². The molecule has 0 unspecified atom stereocenters. The lowest BCUT2D eigenvalue weighted by atomic mass is 10.2. The summed E-state index contributed by atoms with van der Waals surface area (Å²) >= 11 is 0. The second-order valence-corrected chi connectivity index (χ2v) is 4.39. The third-order valence-electron chi connectivity index (χ3n) is 2.67. The van der Waals surface area contributed by atoms with E-state index >= 15 is 0 Å². The number of carbonyl (C=O) groups excluding carboxylic acids is 1. The summed E-state index contributed by atoms with van der Waals surface area (Å²) < 4.78 is 5.04. The zero-order chi connectivity index (χ0) is 15.0. The molecule has 0 aromatic heterocycles. The Morgan fingerprint density at radius 2 is 1.90 bits per heavy atom.